The Morgan fingerprint density at radius 3 is 2.37 bits per heavy atom. The minimum atomic E-state index is -3.91. The molecule has 0 saturated carbocycles. The Morgan fingerprint density at radius 1 is 1.15 bits per heavy atom. The Bertz CT molecular complexity index is 888. The second kappa shape index (κ2) is 8.74. The highest BCUT2D eigenvalue weighted by atomic mass is 32.2. The van der Waals surface area contributed by atoms with Gasteiger partial charge in [-0.15, -0.1) is 0 Å². The quantitative estimate of drug-likeness (QED) is 0.725. The van der Waals surface area contributed by atoms with Crippen LogP contribution in [0.2, 0.25) is 0 Å². The normalized spacial score (nSPS) is 12.6. The molecule has 0 spiro atoms. The van der Waals surface area contributed by atoms with Gasteiger partial charge in [0, 0.05) is 26.0 Å². The smallest absolute Gasteiger partial charge is 0.326 e. The van der Waals surface area contributed by atoms with Crippen LogP contribution in [0.4, 0.5) is 0 Å². The van der Waals surface area contributed by atoms with Crippen LogP contribution in [0.25, 0.3) is 0 Å². The van der Waals surface area contributed by atoms with Crippen LogP contribution in [0.1, 0.15) is 12.5 Å². The topological polar surface area (TPSA) is 108 Å². The van der Waals surface area contributed by atoms with Crippen LogP contribution in [0, 0.1) is 0 Å². The number of carboxylic acid groups (broad SMARTS) is 1. The van der Waals surface area contributed by atoms with Crippen molar-refractivity contribution in [3.8, 4) is 0 Å². The number of amides is 1. The van der Waals surface area contributed by atoms with E-state index in [0.717, 1.165) is 14.8 Å². The lowest BCUT2D eigenvalue weighted by atomic mass is 10.2. The van der Waals surface area contributed by atoms with E-state index >= 15 is 0 Å². The number of aromatic nitrogens is 1. The third-order valence-corrected chi connectivity index (χ3v) is 5.83. The third-order valence-electron chi connectivity index (χ3n) is 4.04. The van der Waals surface area contributed by atoms with Crippen molar-refractivity contribution in [2.45, 2.75) is 24.4 Å². The molecule has 1 atom stereocenters. The number of carboxylic acids is 1. The maximum atomic E-state index is 12.7. The molecule has 0 aliphatic heterocycles. The van der Waals surface area contributed by atoms with Crippen LogP contribution < -0.4 is 0 Å². The van der Waals surface area contributed by atoms with Crippen molar-refractivity contribution in [3.05, 3.63) is 60.4 Å². The summed E-state index contributed by atoms with van der Waals surface area (Å²) in [7, 11) is -2.64. The van der Waals surface area contributed by atoms with Gasteiger partial charge in [-0.25, -0.2) is 13.2 Å². The maximum Gasteiger partial charge on any atom is 0.326 e. The van der Waals surface area contributed by atoms with E-state index in [2.05, 4.69) is 4.98 Å². The number of pyridine rings is 1. The number of hydrogen-bond donors (Lipinski definition) is 1. The van der Waals surface area contributed by atoms with Crippen molar-refractivity contribution in [2.24, 2.45) is 0 Å². The van der Waals surface area contributed by atoms with Gasteiger partial charge in [0.15, 0.2) is 0 Å². The standard InChI is InChI=1S/C18H21N3O5S/c1-14(18(23)24)21(12-15-7-4-3-5-8-15)17(22)13-20(2)27(25,26)16-9-6-10-19-11-16/h3-11,14H,12-13H2,1-2H3,(H,23,24). The molecule has 0 bridgehead atoms. The molecule has 2 rings (SSSR count). The van der Waals surface area contributed by atoms with E-state index in [0.29, 0.717) is 0 Å². The molecule has 1 unspecified atom stereocenters. The first-order valence-corrected chi connectivity index (χ1v) is 9.60. The molecular formula is C18H21N3O5S. The molecule has 1 N–H and O–H groups in total. The fourth-order valence-corrected chi connectivity index (χ4v) is 3.49. The zero-order valence-corrected chi connectivity index (χ0v) is 15.8. The van der Waals surface area contributed by atoms with Gasteiger partial charge in [0.05, 0.1) is 6.54 Å². The molecule has 0 saturated heterocycles. The number of aliphatic carboxylic acids is 1. The van der Waals surface area contributed by atoms with Crippen LogP contribution in [0.3, 0.4) is 0 Å². The second-order valence-electron chi connectivity index (χ2n) is 5.97. The van der Waals surface area contributed by atoms with E-state index in [4.69, 9.17) is 0 Å². The molecule has 144 valence electrons. The summed E-state index contributed by atoms with van der Waals surface area (Å²) in [5.74, 6) is -1.78. The van der Waals surface area contributed by atoms with Gasteiger partial charge in [0.25, 0.3) is 0 Å². The average molecular weight is 391 g/mol. The Kier molecular flexibility index (Phi) is 6.65. The van der Waals surface area contributed by atoms with Gasteiger partial charge in [0.1, 0.15) is 10.9 Å². The van der Waals surface area contributed by atoms with Crippen LogP contribution in [-0.2, 0) is 26.2 Å². The van der Waals surface area contributed by atoms with E-state index in [1.807, 2.05) is 6.07 Å². The lowest BCUT2D eigenvalue weighted by Crippen LogP contribution is -2.47. The SMILES string of the molecule is CC(C(=O)O)N(Cc1ccccc1)C(=O)CN(C)S(=O)(=O)c1cccnc1. The lowest BCUT2D eigenvalue weighted by molar-refractivity contribution is -0.150. The summed E-state index contributed by atoms with van der Waals surface area (Å²) >= 11 is 0. The number of nitrogens with zero attached hydrogens (tertiary/aromatic N) is 3. The van der Waals surface area contributed by atoms with E-state index in [1.165, 1.54) is 38.5 Å². The van der Waals surface area contributed by atoms with Gasteiger partial charge < -0.3 is 10.0 Å². The predicted molar refractivity (Wildman–Crippen MR) is 98.1 cm³/mol. The zero-order valence-electron chi connectivity index (χ0n) is 15.0. The van der Waals surface area contributed by atoms with E-state index in [-0.39, 0.29) is 11.4 Å². The number of sulfonamides is 1. The largest absolute Gasteiger partial charge is 0.480 e. The highest BCUT2D eigenvalue weighted by Crippen LogP contribution is 2.14. The second-order valence-corrected chi connectivity index (χ2v) is 8.02. The molecule has 1 amide bonds. The molecule has 9 heteroatoms. The first kappa shape index (κ1) is 20.5. The van der Waals surface area contributed by atoms with Crippen LogP contribution in [0.15, 0.2) is 59.8 Å². The zero-order chi connectivity index (χ0) is 20.0. The van der Waals surface area contributed by atoms with Crippen molar-refractivity contribution >= 4 is 21.9 Å². The number of benzene rings is 1. The monoisotopic (exact) mass is 391 g/mol. The van der Waals surface area contributed by atoms with Gasteiger partial charge >= 0.3 is 5.97 Å². The van der Waals surface area contributed by atoms with Gasteiger partial charge in [-0.05, 0) is 24.6 Å². The third kappa shape index (κ3) is 5.11. The lowest BCUT2D eigenvalue weighted by Gasteiger charge is -2.28. The summed E-state index contributed by atoms with van der Waals surface area (Å²) in [6.45, 7) is 0.967. The maximum absolute atomic E-state index is 12.7. The first-order valence-electron chi connectivity index (χ1n) is 8.16. The number of hydrogen-bond acceptors (Lipinski definition) is 5. The number of rotatable bonds is 8. The molecule has 0 aliphatic rings. The minimum absolute atomic E-state index is 0.0406. The highest BCUT2D eigenvalue weighted by Gasteiger charge is 2.30. The molecule has 0 aliphatic carbocycles. The number of likely N-dealkylation sites (N-methyl/N-ethyl adjacent to an activating group) is 1. The molecule has 1 heterocycles. The summed E-state index contributed by atoms with van der Waals surface area (Å²) in [6.07, 6.45) is 2.64. The summed E-state index contributed by atoms with van der Waals surface area (Å²) < 4.78 is 26.0. The van der Waals surface area contributed by atoms with Crippen molar-refractivity contribution in [2.75, 3.05) is 13.6 Å². The fraction of sp³-hybridized carbons (Fsp3) is 0.278. The molecule has 0 radical (unpaired) electrons. The molecule has 1 aromatic carbocycles. The molecule has 1 aromatic heterocycles. The summed E-state index contributed by atoms with van der Waals surface area (Å²) in [6, 6.07) is 10.7. The summed E-state index contributed by atoms with van der Waals surface area (Å²) in [4.78, 5) is 29.0. The summed E-state index contributed by atoms with van der Waals surface area (Å²) in [5.41, 5.74) is 0.747. The van der Waals surface area contributed by atoms with Crippen molar-refractivity contribution in [3.63, 3.8) is 0 Å². The van der Waals surface area contributed by atoms with Crippen LogP contribution in [0.5, 0.6) is 0 Å². The number of carbonyl (C=O) groups is 2. The average Bonchev–Trinajstić information content (AvgIpc) is 2.66. The van der Waals surface area contributed by atoms with E-state index in [9.17, 15) is 23.1 Å². The molecule has 27 heavy (non-hydrogen) atoms. The van der Waals surface area contributed by atoms with Crippen LogP contribution in [-0.4, -0.2) is 59.2 Å². The Labute approximate surface area is 158 Å². The molecule has 2 aromatic rings. The fourth-order valence-electron chi connectivity index (χ4n) is 2.40. The minimum Gasteiger partial charge on any atom is -0.480 e. The van der Waals surface area contributed by atoms with Crippen molar-refractivity contribution in [1.29, 1.82) is 0 Å². The predicted octanol–water partition coefficient (Wildman–Crippen LogP) is 1.20. The first-order chi connectivity index (χ1) is 12.7. The molecule has 8 nitrogen and oxygen atoms in total. The van der Waals surface area contributed by atoms with Crippen molar-refractivity contribution < 1.29 is 23.1 Å². The van der Waals surface area contributed by atoms with Gasteiger partial charge in [0.2, 0.25) is 15.9 Å². The Hall–Kier alpha value is -2.78. The molecule has 0 fully saturated rings. The van der Waals surface area contributed by atoms with Gasteiger partial charge in [-0.2, -0.15) is 4.31 Å². The Balaban J connectivity index is 2.21. The van der Waals surface area contributed by atoms with E-state index in [1.54, 1.807) is 24.3 Å². The highest BCUT2D eigenvalue weighted by molar-refractivity contribution is 7.89. The molecular weight excluding hydrogens is 370 g/mol. The van der Waals surface area contributed by atoms with Crippen LogP contribution >= 0.6 is 0 Å². The van der Waals surface area contributed by atoms with Crippen molar-refractivity contribution in [1.82, 2.24) is 14.2 Å². The van der Waals surface area contributed by atoms with Gasteiger partial charge in [-0.3, -0.25) is 9.78 Å². The van der Waals surface area contributed by atoms with E-state index < -0.39 is 34.5 Å². The summed E-state index contributed by atoms with van der Waals surface area (Å²) in [5, 5.41) is 9.32. The Morgan fingerprint density at radius 2 is 1.81 bits per heavy atom. The van der Waals surface area contributed by atoms with Gasteiger partial charge in [-0.1, -0.05) is 30.3 Å². The number of carbonyl (C=O) groups excluding carboxylic acids is 1.